The fraction of sp³-hybridized carbons (Fsp3) is 0.333. The first-order valence-corrected chi connectivity index (χ1v) is 5.10. The van der Waals surface area contributed by atoms with Gasteiger partial charge in [-0.05, 0) is 13.0 Å². The highest BCUT2D eigenvalue weighted by Gasteiger charge is 2.11. The second-order valence-corrected chi connectivity index (χ2v) is 3.41. The minimum Gasteiger partial charge on any atom is -0.493 e. The van der Waals surface area contributed by atoms with Crippen molar-refractivity contribution >= 4 is 11.6 Å². The molecule has 4 heteroatoms. The third-order valence-electron chi connectivity index (χ3n) is 1.95. The van der Waals surface area contributed by atoms with E-state index >= 15 is 0 Å². The van der Waals surface area contributed by atoms with Gasteiger partial charge in [-0.1, -0.05) is 17.5 Å². The minimum atomic E-state index is -0.161. The van der Waals surface area contributed by atoms with E-state index in [9.17, 15) is 5.11 Å². The average molecular weight is 241 g/mol. The van der Waals surface area contributed by atoms with E-state index < -0.39 is 0 Å². The smallest absolute Gasteiger partial charge is 0.168 e. The predicted molar refractivity (Wildman–Crippen MR) is 62.9 cm³/mol. The van der Waals surface area contributed by atoms with Crippen molar-refractivity contribution in [1.29, 1.82) is 0 Å². The summed E-state index contributed by atoms with van der Waals surface area (Å²) >= 11 is 5.87. The summed E-state index contributed by atoms with van der Waals surface area (Å²) in [6.45, 7) is 1.82. The number of ether oxygens (including phenoxy) is 2. The maximum atomic E-state index is 9.19. The molecule has 86 valence electrons. The molecule has 1 rings (SSSR count). The molecule has 1 N–H and O–H groups in total. The van der Waals surface area contributed by atoms with Gasteiger partial charge in [0.1, 0.15) is 6.61 Å². The maximum Gasteiger partial charge on any atom is 0.168 e. The minimum absolute atomic E-state index is 0.161. The zero-order valence-corrected chi connectivity index (χ0v) is 9.97. The summed E-state index contributed by atoms with van der Waals surface area (Å²) in [5, 5.41) is 9.68. The summed E-state index contributed by atoms with van der Waals surface area (Å²) in [6, 6.07) is 3.27. The Labute approximate surface area is 99.9 Å². The van der Waals surface area contributed by atoms with E-state index in [-0.39, 0.29) is 13.2 Å². The van der Waals surface area contributed by atoms with Crippen LogP contribution in [0.3, 0.4) is 0 Å². The summed E-state index contributed by atoms with van der Waals surface area (Å²) in [4.78, 5) is 0. The molecule has 0 unspecified atom stereocenters. The number of aliphatic hydroxyl groups excluding tert-OH is 1. The first kappa shape index (κ1) is 12.7. The van der Waals surface area contributed by atoms with E-state index in [1.54, 1.807) is 19.1 Å². The van der Waals surface area contributed by atoms with Crippen LogP contribution in [0.1, 0.15) is 12.5 Å². The normalized spacial score (nSPS) is 9.25. The second kappa shape index (κ2) is 6.26. The molecule has 16 heavy (non-hydrogen) atoms. The SMILES string of the molecule is CC#CCOc1c(CO)cc(Cl)cc1OC. The Morgan fingerprint density at radius 3 is 2.75 bits per heavy atom. The number of methoxy groups -OCH3 is 1. The lowest BCUT2D eigenvalue weighted by Gasteiger charge is -2.12. The van der Waals surface area contributed by atoms with Gasteiger partial charge in [0, 0.05) is 16.7 Å². The topological polar surface area (TPSA) is 38.7 Å². The molecule has 1 aromatic rings. The van der Waals surface area contributed by atoms with Gasteiger partial charge in [-0.15, -0.1) is 5.92 Å². The van der Waals surface area contributed by atoms with Crippen molar-refractivity contribution in [3.63, 3.8) is 0 Å². The van der Waals surface area contributed by atoms with Crippen molar-refractivity contribution in [3.8, 4) is 23.3 Å². The lowest BCUT2D eigenvalue weighted by atomic mass is 10.2. The van der Waals surface area contributed by atoms with E-state index in [1.807, 2.05) is 0 Å². The van der Waals surface area contributed by atoms with Crippen molar-refractivity contribution in [2.24, 2.45) is 0 Å². The van der Waals surface area contributed by atoms with E-state index in [0.717, 1.165) is 0 Å². The molecule has 0 aromatic heterocycles. The van der Waals surface area contributed by atoms with Crippen molar-refractivity contribution in [3.05, 3.63) is 22.7 Å². The first-order chi connectivity index (χ1) is 7.72. The molecule has 0 saturated carbocycles. The van der Waals surface area contributed by atoms with Crippen LogP contribution in [0.25, 0.3) is 0 Å². The monoisotopic (exact) mass is 240 g/mol. The van der Waals surface area contributed by atoms with Gasteiger partial charge in [0.05, 0.1) is 13.7 Å². The fourth-order valence-corrected chi connectivity index (χ4v) is 1.47. The van der Waals surface area contributed by atoms with Crippen LogP contribution in [0.15, 0.2) is 12.1 Å². The number of benzene rings is 1. The van der Waals surface area contributed by atoms with Gasteiger partial charge in [-0.2, -0.15) is 0 Å². The zero-order valence-electron chi connectivity index (χ0n) is 9.21. The molecular weight excluding hydrogens is 228 g/mol. The first-order valence-electron chi connectivity index (χ1n) is 4.72. The van der Waals surface area contributed by atoms with Gasteiger partial charge < -0.3 is 14.6 Å². The van der Waals surface area contributed by atoms with Crippen molar-refractivity contribution in [1.82, 2.24) is 0 Å². The van der Waals surface area contributed by atoms with Gasteiger partial charge in [0.15, 0.2) is 11.5 Å². The number of rotatable bonds is 4. The standard InChI is InChI=1S/C12H13ClO3/c1-3-4-5-16-12-9(8-14)6-10(13)7-11(12)15-2/h6-7,14H,5,8H2,1-2H3. The molecule has 3 nitrogen and oxygen atoms in total. The summed E-state index contributed by atoms with van der Waals surface area (Å²) in [5.74, 6) is 6.47. The highest BCUT2D eigenvalue weighted by molar-refractivity contribution is 6.30. The largest absolute Gasteiger partial charge is 0.493 e. The molecule has 0 radical (unpaired) electrons. The maximum absolute atomic E-state index is 9.19. The van der Waals surface area contributed by atoms with Crippen LogP contribution < -0.4 is 9.47 Å². The van der Waals surface area contributed by atoms with E-state index in [4.69, 9.17) is 21.1 Å². The Morgan fingerprint density at radius 2 is 2.19 bits per heavy atom. The van der Waals surface area contributed by atoms with Crippen molar-refractivity contribution in [2.75, 3.05) is 13.7 Å². The summed E-state index contributed by atoms with van der Waals surface area (Å²) < 4.78 is 10.6. The molecule has 0 bridgehead atoms. The molecular formula is C12H13ClO3. The van der Waals surface area contributed by atoms with Crippen molar-refractivity contribution in [2.45, 2.75) is 13.5 Å². The molecule has 0 heterocycles. The van der Waals surface area contributed by atoms with Crippen LogP contribution in [0.4, 0.5) is 0 Å². The quantitative estimate of drug-likeness (QED) is 0.821. The molecule has 0 fully saturated rings. The van der Waals surface area contributed by atoms with Gasteiger partial charge in [-0.25, -0.2) is 0 Å². The number of halogens is 1. The van der Waals surface area contributed by atoms with E-state index in [1.165, 1.54) is 7.11 Å². The van der Waals surface area contributed by atoms with Gasteiger partial charge in [0.25, 0.3) is 0 Å². The zero-order chi connectivity index (χ0) is 12.0. The van der Waals surface area contributed by atoms with Crippen LogP contribution >= 0.6 is 11.6 Å². The van der Waals surface area contributed by atoms with E-state index in [2.05, 4.69) is 11.8 Å². The second-order valence-electron chi connectivity index (χ2n) is 2.97. The van der Waals surface area contributed by atoms with Crippen molar-refractivity contribution < 1.29 is 14.6 Å². The van der Waals surface area contributed by atoms with Crippen LogP contribution in [0, 0.1) is 11.8 Å². The highest BCUT2D eigenvalue weighted by Crippen LogP contribution is 2.34. The third-order valence-corrected chi connectivity index (χ3v) is 2.17. The molecule has 0 spiro atoms. The number of aliphatic hydroxyl groups is 1. The Hall–Kier alpha value is -1.37. The molecule has 1 aromatic carbocycles. The molecule has 0 atom stereocenters. The molecule has 0 aliphatic heterocycles. The number of hydrogen-bond donors (Lipinski definition) is 1. The fourth-order valence-electron chi connectivity index (χ4n) is 1.24. The summed E-state index contributed by atoms with van der Waals surface area (Å²) in [7, 11) is 1.52. The van der Waals surface area contributed by atoms with Crippen LogP contribution in [0.2, 0.25) is 5.02 Å². The summed E-state index contributed by atoms with van der Waals surface area (Å²) in [5.41, 5.74) is 0.585. The third kappa shape index (κ3) is 3.06. The molecule has 0 aliphatic rings. The lowest BCUT2D eigenvalue weighted by Crippen LogP contribution is -2.01. The molecule has 0 amide bonds. The van der Waals surface area contributed by atoms with Crippen LogP contribution in [0.5, 0.6) is 11.5 Å². The Kier molecular flexibility index (Phi) is 4.97. The Balaban J connectivity index is 3.04. The highest BCUT2D eigenvalue weighted by atomic mass is 35.5. The number of hydrogen-bond acceptors (Lipinski definition) is 3. The van der Waals surface area contributed by atoms with Crippen LogP contribution in [-0.4, -0.2) is 18.8 Å². The van der Waals surface area contributed by atoms with Gasteiger partial charge in [0.2, 0.25) is 0 Å². The predicted octanol–water partition coefficient (Wildman–Crippen LogP) is 2.24. The lowest BCUT2D eigenvalue weighted by molar-refractivity contribution is 0.265. The molecule has 0 saturated heterocycles. The average Bonchev–Trinajstić information content (AvgIpc) is 2.30. The van der Waals surface area contributed by atoms with E-state index in [0.29, 0.717) is 22.1 Å². The Bertz CT molecular complexity index is 393. The van der Waals surface area contributed by atoms with Gasteiger partial charge >= 0.3 is 0 Å². The Morgan fingerprint density at radius 1 is 1.44 bits per heavy atom. The summed E-state index contributed by atoms with van der Waals surface area (Å²) in [6.07, 6.45) is 0. The molecule has 0 aliphatic carbocycles. The van der Waals surface area contributed by atoms with Crippen LogP contribution in [-0.2, 0) is 6.61 Å². The van der Waals surface area contributed by atoms with Gasteiger partial charge in [-0.3, -0.25) is 0 Å².